The SMILES string of the molecule is CN=C(NCCc1ccc2c(c1)CCO2)N1CCC2(CCOC2)C1.I. The zero-order valence-electron chi connectivity index (χ0n) is 14.9. The van der Waals surface area contributed by atoms with Gasteiger partial charge in [-0.1, -0.05) is 12.1 Å². The number of benzene rings is 1. The van der Waals surface area contributed by atoms with Gasteiger partial charge in [-0.3, -0.25) is 4.99 Å². The van der Waals surface area contributed by atoms with E-state index in [1.807, 2.05) is 7.05 Å². The number of halogens is 1. The monoisotopic (exact) mass is 457 g/mol. The van der Waals surface area contributed by atoms with Gasteiger partial charge in [0.25, 0.3) is 0 Å². The highest BCUT2D eigenvalue weighted by atomic mass is 127. The second kappa shape index (κ2) is 8.12. The Morgan fingerprint density at radius 2 is 2.24 bits per heavy atom. The van der Waals surface area contributed by atoms with Crippen molar-refractivity contribution in [2.24, 2.45) is 10.4 Å². The van der Waals surface area contributed by atoms with Gasteiger partial charge in [-0.15, -0.1) is 24.0 Å². The summed E-state index contributed by atoms with van der Waals surface area (Å²) in [6.07, 6.45) is 4.46. The van der Waals surface area contributed by atoms with Gasteiger partial charge in [-0.2, -0.15) is 0 Å². The fraction of sp³-hybridized carbons (Fsp3) is 0.632. The van der Waals surface area contributed by atoms with Crippen molar-refractivity contribution in [3.63, 3.8) is 0 Å². The van der Waals surface area contributed by atoms with Crippen LogP contribution in [0.2, 0.25) is 0 Å². The van der Waals surface area contributed by atoms with Crippen LogP contribution in [-0.4, -0.2) is 57.4 Å². The van der Waals surface area contributed by atoms with E-state index in [2.05, 4.69) is 33.4 Å². The van der Waals surface area contributed by atoms with E-state index in [9.17, 15) is 0 Å². The molecule has 1 unspecified atom stereocenters. The number of likely N-dealkylation sites (tertiary alicyclic amines) is 1. The summed E-state index contributed by atoms with van der Waals surface area (Å²) in [5.41, 5.74) is 3.08. The Hall–Kier alpha value is -1.02. The van der Waals surface area contributed by atoms with Gasteiger partial charge < -0.3 is 19.7 Å². The molecule has 0 amide bonds. The first-order chi connectivity index (χ1) is 11.8. The molecule has 3 heterocycles. The van der Waals surface area contributed by atoms with Crippen LogP contribution < -0.4 is 10.1 Å². The molecule has 25 heavy (non-hydrogen) atoms. The summed E-state index contributed by atoms with van der Waals surface area (Å²) in [5, 5.41) is 3.54. The Morgan fingerprint density at radius 3 is 3.04 bits per heavy atom. The predicted octanol–water partition coefficient (Wildman–Crippen LogP) is 2.47. The second-order valence-corrected chi connectivity index (χ2v) is 7.24. The molecule has 4 rings (SSSR count). The number of nitrogens with zero attached hydrogens (tertiary/aromatic N) is 2. The molecule has 0 aliphatic carbocycles. The third kappa shape index (κ3) is 4.05. The van der Waals surface area contributed by atoms with Crippen LogP contribution in [0.4, 0.5) is 0 Å². The third-order valence-electron chi connectivity index (χ3n) is 5.59. The van der Waals surface area contributed by atoms with Gasteiger partial charge in [0.1, 0.15) is 5.75 Å². The van der Waals surface area contributed by atoms with E-state index in [1.165, 1.54) is 24.0 Å². The van der Waals surface area contributed by atoms with Crippen molar-refractivity contribution in [2.45, 2.75) is 25.7 Å². The van der Waals surface area contributed by atoms with Crippen LogP contribution >= 0.6 is 24.0 Å². The Bertz CT molecular complexity index is 629. The van der Waals surface area contributed by atoms with Gasteiger partial charge in [0.05, 0.1) is 13.2 Å². The first kappa shape index (κ1) is 18.8. The maximum absolute atomic E-state index is 5.62. The summed E-state index contributed by atoms with van der Waals surface area (Å²) in [6, 6.07) is 6.57. The van der Waals surface area contributed by atoms with Gasteiger partial charge in [0.2, 0.25) is 0 Å². The minimum absolute atomic E-state index is 0. The number of fused-ring (bicyclic) bond motifs is 1. The lowest BCUT2D eigenvalue weighted by Gasteiger charge is -2.25. The summed E-state index contributed by atoms with van der Waals surface area (Å²) in [6.45, 7) is 5.72. The fourth-order valence-electron chi connectivity index (χ4n) is 4.13. The summed E-state index contributed by atoms with van der Waals surface area (Å²) in [5.74, 6) is 2.09. The standard InChI is InChI=1S/C19H27N3O2.HI/c1-20-18(22-9-6-19(13-22)7-11-23-14-19)21-8-4-15-2-3-17-16(12-15)5-10-24-17;/h2-3,12H,4-11,13-14H2,1H3,(H,20,21);1H. The molecule has 2 saturated heterocycles. The lowest BCUT2D eigenvalue weighted by atomic mass is 9.87. The van der Waals surface area contributed by atoms with E-state index in [1.54, 1.807) is 0 Å². The van der Waals surface area contributed by atoms with Crippen molar-refractivity contribution in [2.75, 3.05) is 46.5 Å². The molecule has 1 spiro atoms. The lowest BCUT2D eigenvalue weighted by molar-refractivity contribution is 0.156. The molecule has 1 aromatic rings. The van der Waals surface area contributed by atoms with Crippen LogP contribution in [0, 0.1) is 5.41 Å². The fourth-order valence-corrected chi connectivity index (χ4v) is 4.13. The summed E-state index contributed by atoms with van der Waals surface area (Å²) < 4.78 is 11.2. The van der Waals surface area contributed by atoms with Crippen LogP contribution in [0.5, 0.6) is 5.75 Å². The highest BCUT2D eigenvalue weighted by Gasteiger charge is 2.42. The molecule has 0 bridgehead atoms. The smallest absolute Gasteiger partial charge is 0.193 e. The average molecular weight is 457 g/mol. The van der Waals surface area contributed by atoms with Crippen LogP contribution in [0.25, 0.3) is 0 Å². The number of ether oxygens (including phenoxy) is 2. The Morgan fingerprint density at radius 1 is 1.32 bits per heavy atom. The van der Waals surface area contributed by atoms with Gasteiger partial charge in [-0.05, 0) is 36.5 Å². The molecule has 0 saturated carbocycles. The molecule has 2 fully saturated rings. The van der Waals surface area contributed by atoms with Crippen molar-refractivity contribution < 1.29 is 9.47 Å². The van der Waals surface area contributed by atoms with E-state index in [0.717, 1.165) is 64.0 Å². The first-order valence-electron chi connectivity index (χ1n) is 9.06. The lowest BCUT2D eigenvalue weighted by Crippen LogP contribution is -2.42. The minimum Gasteiger partial charge on any atom is -0.493 e. The van der Waals surface area contributed by atoms with E-state index < -0.39 is 0 Å². The van der Waals surface area contributed by atoms with Gasteiger partial charge in [0.15, 0.2) is 5.96 Å². The predicted molar refractivity (Wildman–Crippen MR) is 110 cm³/mol. The molecule has 138 valence electrons. The molecule has 5 nitrogen and oxygen atoms in total. The molecule has 6 heteroatoms. The third-order valence-corrected chi connectivity index (χ3v) is 5.59. The van der Waals surface area contributed by atoms with Crippen molar-refractivity contribution in [3.8, 4) is 5.75 Å². The minimum atomic E-state index is 0. The van der Waals surface area contributed by atoms with Crippen molar-refractivity contribution >= 4 is 29.9 Å². The zero-order chi connectivity index (χ0) is 16.4. The average Bonchev–Trinajstić information content (AvgIpc) is 3.33. The quantitative estimate of drug-likeness (QED) is 0.431. The molecular formula is C19H28IN3O2. The highest BCUT2D eigenvalue weighted by Crippen LogP contribution is 2.38. The molecule has 0 aromatic heterocycles. The molecule has 1 aromatic carbocycles. The molecule has 3 aliphatic heterocycles. The van der Waals surface area contributed by atoms with Crippen molar-refractivity contribution in [1.82, 2.24) is 10.2 Å². The highest BCUT2D eigenvalue weighted by molar-refractivity contribution is 14.0. The molecule has 3 aliphatic rings. The van der Waals surface area contributed by atoms with E-state index in [4.69, 9.17) is 9.47 Å². The Balaban J connectivity index is 0.00000182. The van der Waals surface area contributed by atoms with E-state index in [-0.39, 0.29) is 24.0 Å². The van der Waals surface area contributed by atoms with E-state index in [0.29, 0.717) is 5.41 Å². The number of aliphatic imine (C=N–C) groups is 1. The topological polar surface area (TPSA) is 46.1 Å². The van der Waals surface area contributed by atoms with Gasteiger partial charge in [-0.25, -0.2) is 0 Å². The number of hydrogen-bond acceptors (Lipinski definition) is 3. The largest absolute Gasteiger partial charge is 0.493 e. The van der Waals surface area contributed by atoms with Crippen LogP contribution in [0.15, 0.2) is 23.2 Å². The van der Waals surface area contributed by atoms with E-state index >= 15 is 0 Å². The number of hydrogen-bond donors (Lipinski definition) is 1. The molecule has 1 N–H and O–H groups in total. The van der Waals surface area contributed by atoms with Crippen LogP contribution in [0.3, 0.4) is 0 Å². The second-order valence-electron chi connectivity index (χ2n) is 7.24. The maximum atomic E-state index is 5.62. The molecule has 1 atom stereocenters. The number of guanidine groups is 1. The first-order valence-corrected chi connectivity index (χ1v) is 9.06. The Labute approximate surface area is 167 Å². The zero-order valence-corrected chi connectivity index (χ0v) is 17.3. The summed E-state index contributed by atoms with van der Waals surface area (Å²) >= 11 is 0. The number of rotatable bonds is 3. The summed E-state index contributed by atoms with van der Waals surface area (Å²) in [4.78, 5) is 6.88. The maximum Gasteiger partial charge on any atom is 0.193 e. The Kier molecular flexibility index (Phi) is 6.09. The summed E-state index contributed by atoms with van der Waals surface area (Å²) in [7, 11) is 1.88. The number of nitrogens with one attached hydrogen (secondary N) is 1. The van der Waals surface area contributed by atoms with Gasteiger partial charge in [0, 0.05) is 45.1 Å². The van der Waals surface area contributed by atoms with Crippen LogP contribution in [0.1, 0.15) is 24.0 Å². The van der Waals surface area contributed by atoms with Crippen LogP contribution in [-0.2, 0) is 17.6 Å². The van der Waals surface area contributed by atoms with Crippen molar-refractivity contribution in [3.05, 3.63) is 29.3 Å². The normalized spacial score (nSPS) is 25.0. The molecule has 0 radical (unpaired) electrons. The van der Waals surface area contributed by atoms with Crippen molar-refractivity contribution in [1.29, 1.82) is 0 Å². The van der Waals surface area contributed by atoms with Gasteiger partial charge >= 0.3 is 0 Å². The molecular weight excluding hydrogens is 429 g/mol.